The highest BCUT2D eigenvalue weighted by Gasteiger charge is 2.23. The van der Waals surface area contributed by atoms with Crippen molar-refractivity contribution in [1.29, 1.82) is 0 Å². The summed E-state index contributed by atoms with van der Waals surface area (Å²) >= 11 is 0. The lowest BCUT2D eigenvalue weighted by atomic mass is 10.2. The van der Waals surface area contributed by atoms with Crippen LogP contribution < -0.4 is 5.32 Å². The van der Waals surface area contributed by atoms with Gasteiger partial charge in [-0.25, -0.2) is 9.18 Å². The third-order valence-electron chi connectivity index (χ3n) is 2.55. The molecule has 0 saturated heterocycles. The molecule has 1 aromatic rings. The van der Waals surface area contributed by atoms with Crippen LogP contribution in [0.2, 0.25) is 0 Å². The molecule has 1 aromatic carbocycles. The lowest BCUT2D eigenvalue weighted by Crippen LogP contribution is -2.30. The number of hydrogen-bond donors (Lipinski definition) is 1. The van der Waals surface area contributed by atoms with Gasteiger partial charge in [0.15, 0.2) is 6.61 Å². The summed E-state index contributed by atoms with van der Waals surface area (Å²) in [6, 6.07) is 6.06. The van der Waals surface area contributed by atoms with Gasteiger partial charge in [-0.15, -0.1) is 0 Å². The summed E-state index contributed by atoms with van der Waals surface area (Å²) in [5.41, 5.74) is 0.555. The molecule has 100 valence electrons. The van der Waals surface area contributed by atoms with Crippen molar-refractivity contribution in [3.05, 3.63) is 41.7 Å². The molecule has 4 nitrogen and oxygen atoms in total. The van der Waals surface area contributed by atoms with Crippen molar-refractivity contribution in [3.8, 4) is 0 Å². The molecule has 0 radical (unpaired) electrons. The van der Waals surface area contributed by atoms with Crippen LogP contribution in [0.1, 0.15) is 18.4 Å². The van der Waals surface area contributed by atoms with Gasteiger partial charge in [-0.2, -0.15) is 0 Å². The average Bonchev–Trinajstić information content (AvgIpc) is 3.18. The zero-order chi connectivity index (χ0) is 13.7. The number of halogens is 1. The van der Waals surface area contributed by atoms with Crippen molar-refractivity contribution >= 4 is 18.0 Å². The molecule has 0 unspecified atom stereocenters. The van der Waals surface area contributed by atoms with Gasteiger partial charge in [-0.1, -0.05) is 12.1 Å². The number of nitrogens with one attached hydrogen (secondary N) is 1. The highest BCUT2D eigenvalue weighted by Crippen LogP contribution is 2.18. The molecule has 1 fully saturated rings. The molecule has 0 aliphatic heterocycles. The average molecular weight is 263 g/mol. The van der Waals surface area contributed by atoms with Gasteiger partial charge >= 0.3 is 5.97 Å². The van der Waals surface area contributed by atoms with Gasteiger partial charge in [0.25, 0.3) is 5.91 Å². The lowest BCUT2D eigenvalue weighted by molar-refractivity contribution is -0.143. The highest BCUT2D eigenvalue weighted by atomic mass is 19.1. The number of hydrogen-bond acceptors (Lipinski definition) is 3. The van der Waals surface area contributed by atoms with Crippen LogP contribution in [-0.4, -0.2) is 24.5 Å². The smallest absolute Gasteiger partial charge is 0.331 e. The molecule has 2 rings (SSSR count). The van der Waals surface area contributed by atoms with E-state index in [1.54, 1.807) is 12.1 Å². The zero-order valence-corrected chi connectivity index (χ0v) is 10.3. The fraction of sp³-hybridized carbons (Fsp3) is 0.286. The van der Waals surface area contributed by atoms with Crippen LogP contribution in [0, 0.1) is 5.82 Å². The van der Waals surface area contributed by atoms with E-state index in [-0.39, 0.29) is 24.4 Å². The molecule has 0 heterocycles. The van der Waals surface area contributed by atoms with E-state index in [1.165, 1.54) is 24.3 Å². The Morgan fingerprint density at radius 2 is 2.21 bits per heavy atom. The molecule has 1 N–H and O–H groups in total. The SMILES string of the molecule is O=C(COC(=O)C=Cc1cccc(F)c1)NC1CC1. The van der Waals surface area contributed by atoms with Crippen LogP contribution in [0.3, 0.4) is 0 Å². The first-order valence-electron chi connectivity index (χ1n) is 6.03. The highest BCUT2D eigenvalue weighted by molar-refractivity contribution is 5.89. The quantitative estimate of drug-likeness (QED) is 0.649. The summed E-state index contributed by atoms with van der Waals surface area (Å²) in [5, 5.41) is 2.70. The Balaban J connectivity index is 1.75. The van der Waals surface area contributed by atoms with Gasteiger partial charge in [-0.05, 0) is 36.6 Å². The summed E-state index contributed by atoms with van der Waals surface area (Å²) in [6.45, 7) is -0.289. The third kappa shape index (κ3) is 4.91. The first-order valence-corrected chi connectivity index (χ1v) is 6.03. The first-order chi connectivity index (χ1) is 9.13. The van der Waals surface area contributed by atoms with Crippen LogP contribution in [0.4, 0.5) is 4.39 Å². The summed E-state index contributed by atoms with van der Waals surface area (Å²) < 4.78 is 17.6. The topological polar surface area (TPSA) is 55.4 Å². The van der Waals surface area contributed by atoms with Crippen LogP contribution in [0.5, 0.6) is 0 Å². The van der Waals surface area contributed by atoms with Gasteiger partial charge in [0.1, 0.15) is 5.82 Å². The maximum absolute atomic E-state index is 12.9. The molecule has 0 atom stereocenters. The monoisotopic (exact) mass is 263 g/mol. The Morgan fingerprint density at radius 3 is 2.89 bits per heavy atom. The standard InChI is InChI=1S/C14H14FNO3/c15-11-3-1-2-10(8-11)4-7-14(18)19-9-13(17)16-12-5-6-12/h1-4,7-8,12H,5-6,9H2,(H,16,17). The fourth-order valence-corrected chi connectivity index (χ4v) is 1.46. The normalized spacial score (nSPS) is 14.4. The number of carbonyl (C=O) groups excluding carboxylic acids is 2. The van der Waals surface area contributed by atoms with E-state index in [1.807, 2.05) is 0 Å². The predicted octanol–water partition coefficient (Wildman–Crippen LogP) is 1.66. The van der Waals surface area contributed by atoms with E-state index in [9.17, 15) is 14.0 Å². The van der Waals surface area contributed by atoms with Crippen LogP contribution in [0.15, 0.2) is 30.3 Å². The molecular weight excluding hydrogens is 249 g/mol. The first kappa shape index (κ1) is 13.3. The Hall–Kier alpha value is -2.17. The Kier molecular flexibility index (Phi) is 4.28. The molecule has 1 aliphatic rings. The molecule has 19 heavy (non-hydrogen) atoms. The van der Waals surface area contributed by atoms with Crippen molar-refractivity contribution in [3.63, 3.8) is 0 Å². The number of carbonyl (C=O) groups is 2. The number of amides is 1. The summed E-state index contributed by atoms with van der Waals surface area (Å²) in [4.78, 5) is 22.6. The predicted molar refractivity (Wildman–Crippen MR) is 67.6 cm³/mol. The minimum absolute atomic E-state index is 0.244. The number of ether oxygens (including phenoxy) is 1. The number of benzene rings is 1. The summed E-state index contributed by atoms with van der Waals surface area (Å²) in [5.74, 6) is -1.30. The minimum atomic E-state index is -0.629. The molecule has 0 bridgehead atoms. The van der Waals surface area contributed by atoms with Crippen LogP contribution in [0.25, 0.3) is 6.08 Å². The minimum Gasteiger partial charge on any atom is -0.452 e. The second-order valence-electron chi connectivity index (χ2n) is 4.34. The van der Waals surface area contributed by atoms with E-state index < -0.39 is 5.97 Å². The van der Waals surface area contributed by atoms with E-state index in [2.05, 4.69) is 5.32 Å². The molecule has 1 aliphatic carbocycles. The van der Waals surface area contributed by atoms with E-state index >= 15 is 0 Å². The van der Waals surface area contributed by atoms with Gasteiger partial charge in [0.05, 0.1) is 0 Å². The van der Waals surface area contributed by atoms with Crippen molar-refractivity contribution in [2.75, 3.05) is 6.61 Å². The van der Waals surface area contributed by atoms with Gasteiger partial charge in [0, 0.05) is 12.1 Å². The van der Waals surface area contributed by atoms with E-state index in [0.29, 0.717) is 5.56 Å². The van der Waals surface area contributed by atoms with Crippen LogP contribution >= 0.6 is 0 Å². The molecule has 1 amide bonds. The van der Waals surface area contributed by atoms with Crippen molar-refractivity contribution in [2.24, 2.45) is 0 Å². The Bertz CT molecular complexity index is 509. The zero-order valence-electron chi connectivity index (χ0n) is 10.3. The Labute approximate surface area is 110 Å². The molecule has 1 saturated carbocycles. The van der Waals surface area contributed by atoms with Crippen molar-refractivity contribution in [2.45, 2.75) is 18.9 Å². The largest absolute Gasteiger partial charge is 0.452 e. The summed E-state index contributed by atoms with van der Waals surface area (Å²) in [6.07, 6.45) is 4.57. The maximum Gasteiger partial charge on any atom is 0.331 e. The molecule has 0 aromatic heterocycles. The number of rotatable bonds is 5. The fourth-order valence-electron chi connectivity index (χ4n) is 1.46. The van der Waals surface area contributed by atoms with E-state index in [0.717, 1.165) is 12.8 Å². The third-order valence-corrected chi connectivity index (χ3v) is 2.55. The number of esters is 1. The molecule has 5 heteroatoms. The molecular formula is C14H14FNO3. The lowest BCUT2D eigenvalue weighted by Gasteiger charge is -2.02. The second-order valence-corrected chi connectivity index (χ2v) is 4.34. The van der Waals surface area contributed by atoms with Crippen molar-refractivity contribution in [1.82, 2.24) is 5.32 Å². The van der Waals surface area contributed by atoms with E-state index in [4.69, 9.17) is 4.74 Å². The van der Waals surface area contributed by atoms with Gasteiger partial charge < -0.3 is 10.1 Å². The maximum atomic E-state index is 12.9. The second kappa shape index (κ2) is 6.13. The summed E-state index contributed by atoms with van der Waals surface area (Å²) in [7, 11) is 0. The van der Waals surface area contributed by atoms with Crippen LogP contribution in [-0.2, 0) is 14.3 Å². The van der Waals surface area contributed by atoms with Crippen molar-refractivity contribution < 1.29 is 18.7 Å². The molecule has 0 spiro atoms. The van der Waals surface area contributed by atoms with Gasteiger partial charge in [0.2, 0.25) is 0 Å². The Morgan fingerprint density at radius 1 is 1.42 bits per heavy atom. The van der Waals surface area contributed by atoms with Gasteiger partial charge in [-0.3, -0.25) is 4.79 Å².